The number of ether oxygens (including phenoxy) is 2. The molecule has 0 bridgehead atoms. The summed E-state index contributed by atoms with van der Waals surface area (Å²) in [5.74, 6) is 0.238. The van der Waals surface area contributed by atoms with Gasteiger partial charge in [0.15, 0.2) is 21.3 Å². The molecule has 0 radical (unpaired) electrons. The molecule has 1 fully saturated rings. The zero-order valence-electron chi connectivity index (χ0n) is 15.6. The number of hydrogen-bond acceptors (Lipinski definition) is 7. The Balaban J connectivity index is 1.72. The monoisotopic (exact) mass is 432 g/mol. The maximum atomic E-state index is 13.0. The van der Waals surface area contributed by atoms with E-state index >= 15 is 0 Å². The van der Waals surface area contributed by atoms with Crippen molar-refractivity contribution in [2.24, 2.45) is 0 Å². The molecule has 1 aromatic rings. The summed E-state index contributed by atoms with van der Waals surface area (Å²) in [6, 6.07) is 3.90. The number of likely N-dealkylation sites (N-methyl/N-ethyl adjacent to an activating group) is 1. The second kappa shape index (κ2) is 8.26. The molecule has 1 atom stereocenters. The van der Waals surface area contributed by atoms with E-state index in [-0.39, 0.29) is 29.5 Å². The minimum Gasteiger partial charge on any atom is -0.490 e. The van der Waals surface area contributed by atoms with E-state index in [2.05, 4.69) is 5.32 Å². The van der Waals surface area contributed by atoms with Crippen molar-refractivity contribution in [1.29, 1.82) is 0 Å². The predicted molar refractivity (Wildman–Crippen MR) is 102 cm³/mol. The summed E-state index contributed by atoms with van der Waals surface area (Å²) in [7, 11) is -7.06. The van der Waals surface area contributed by atoms with Gasteiger partial charge in [0.2, 0.25) is 15.9 Å². The van der Waals surface area contributed by atoms with Crippen molar-refractivity contribution < 1.29 is 31.1 Å². The Morgan fingerprint density at radius 3 is 2.61 bits per heavy atom. The minimum atomic E-state index is -3.93. The third-order valence-electron chi connectivity index (χ3n) is 4.63. The van der Waals surface area contributed by atoms with Gasteiger partial charge in [-0.1, -0.05) is 6.92 Å². The highest BCUT2D eigenvalue weighted by Crippen LogP contribution is 2.32. The van der Waals surface area contributed by atoms with Gasteiger partial charge in [0.25, 0.3) is 0 Å². The number of sulfone groups is 1. The van der Waals surface area contributed by atoms with Gasteiger partial charge in [-0.25, -0.2) is 16.8 Å². The van der Waals surface area contributed by atoms with E-state index in [9.17, 15) is 21.6 Å². The fourth-order valence-corrected chi connectivity index (χ4v) is 6.26. The lowest BCUT2D eigenvalue weighted by atomic mass is 10.2. The number of benzene rings is 1. The topological polar surface area (TPSA) is 119 Å². The molecule has 0 aliphatic carbocycles. The van der Waals surface area contributed by atoms with E-state index in [4.69, 9.17) is 9.47 Å². The summed E-state index contributed by atoms with van der Waals surface area (Å²) in [4.78, 5) is 12.3. The molecular weight excluding hydrogens is 408 g/mol. The van der Waals surface area contributed by atoms with Crippen LogP contribution in [0.3, 0.4) is 0 Å². The van der Waals surface area contributed by atoms with Gasteiger partial charge in [0.1, 0.15) is 0 Å². The molecule has 2 heterocycles. The van der Waals surface area contributed by atoms with Gasteiger partial charge < -0.3 is 14.8 Å². The zero-order valence-corrected chi connectivity index (χ0v) is 17.2. The molecule has 0 unspecified atom stereocenters. The Hall–Kier alpha value is -1.85. The van der Waals surface area contributed by atoms with Crippen LogP contribution in [-0.2, 0) is 24.7 Å². The highest BCUT2D eigenvalue weighted by Gasteiger charge is 2.31. The zero-order chi connectivity index (χ0) is 20.4. The van der Waals surface area contributed by atoms with Crippen LogP contribution < -0.4 is 14.8 Å². The molecule has 2 aliphatic heterocycles. The van der Waals surface area contributed by atoms with E-state index in [1.165, 1.54) is 12.1 Å². The lowest BCUT2D eigenvalue weighted by Crippen LogP contribution is -2.44. The van der Waals surface area contributed by atoms with Crippen LogP contribution in [0.25, 0.3) is 0 Å². The van der Waals surface area contributed by atoms with Crippen LogP contribution in [-0.4, -0.2) is 70.9 Å². The summed E-state index contributed by atoms with van der Waals surface area (Å²) in [5.41, 5.74) is 0. The number of nitrogens with one attached hydrogen (secondary N) is 1. The molecule has 9 nitrogen and oxygen atoms in total. The first-order valence-corrected chi connectivity index (χ1v) is 12.4. The number of sulfonamides is 1. The highest BCUT2D eigenvalue weighted by atomic mass is 32.2. The Morgan fingerprint density at radius 1 is 1.25 bits per heavy atom. The van der Waals surface area contributed by atoms with Crippen molar-refractivity contribution in [1.82, 2.24) is 9.62 Å². The summed E-state index contributed by atoms with van der Waals surface area (Å²) in [6.07, 6.45) is 1.05. The van der Waals surface area contributed by atoms with Crippen LogP contribution in [0.4, 0.5) is 0 Å². The Kier molecular flexibility index (Phi) is 6.15. The van der Waals surface area contributed by atoms with Crippen LogP contribution in [0, 0.1) is 0 Å². The Labute approximate surface area is 165 Å². The first-order chi connectivity index (χ1) is 13.2. The molecule has 11 heteroatoms. The van der Waals surface area contributed by atoms with Crippen LogP contribution in [0.5, 0.6) is 11.5 Å². The summed E-state index contributed by atoms with van der Waals surface area (Å²) < 4.78 is 61.0. The van der Waals surface area contributed by atoms with Crippen LogP contribution in [0.2, 0.25) is 0 Å². The fourth-order valence-electron chi connectivity index (χ4n) is 3.16. The highest BCUT2D eigenvalue weighted by molar-refractivity contribution is 7.91. The molecule has 1 amide bonds. The third kappa shape index (κ3) is 4.76. The van der Waals surface area contributed by atoms with Crippen molar-refractivity contribution in [3.8, 4) is 11.5 Å². The lowest BCUT2D eigenvalue weighted by molar-refractivity contribution is -0.121. The van der Waals surface area contributed by atoms with Crippen molar-refractivity contribution in [3.63, 3.8) is 0 Å². The minimum absolute atomic E-state index is 0.00911. The normalized spacial score (nSPS) is 21.3. The first kappa shape index (κ1) is 20.9. The number of nitrogens with zero attached hydrogens (tertiary/aromatic N) is 1. The summed E-state index contributed by atoms with van der Waals surface area (Å²) in [5, 5.41) is 2.61. The quantitative estimate of drug-likeness (QED) is 0.680. The van der Waals surface area contributed by atoms with Crippen molar-refractivity contribution in [2.75, 3.05) is 37.8 Å². The van der Waals surface area contributed by atoms with Gasteiger partial charge in [-0.3, -0.25) is 4.79 Å². The second-order valence-corrected chi connectivity index (χ2v) is 10.9. The van der Waals surface area contributed by atoms with E-state index < -0.39 is 31.8 Å². The number of carbonyl (C=O) groups excluding carboxylic acids is 1. The summed E-state index contributed by atoms with van der Waals surface area (Å²) in [6.45, 7) is 2.27. The van der Waals surface area contributed by atoms with Crippen molar-refractivity contribution in [3.05, 3.63) is 18.2 Å². The van der Waals surface area contributed by atoms with Crippen LogP contribution in [0.15, 0.2) is 23.1 Å². The Morgan fingerprint density at radius 2 is 1.96 bits per heavy atom. The standard InChI is InChI=1S/C17H24N2O7S2/c1-2-19(11-17(20)18-13-6-9-27(21,22)12-13)28(23,24)14-4-5-15-16(10-14)26-8-3-7-25-15/h4-5,10,13H,2-3,6-9,11-12H2,1H3,(H,18,20)/t13-/m1/s1. The van der Waals surface area contributed by atoms with E-state index in [0.29, 0.717) is 37.6 Å². The molecule has 0 saturated carbocycles. The molecule has 156 valence electrons. The van der Waals surface area contributed by atoms with Gasteiger partial charge in [0, 0.05) is 25.1 Å². The van der Waals surface area contributed by atoms with E-state index in [0.717, 1.165) is 4.31 Å². The Bertz CT molecular complexity index is 944. The number of rotatable bonds is 6. The predicted octanol–water partition coefficient (Wildman–Crippen LogP) is 0.162. The summed E-state index contributed by atoms with van der Waals surface area (Å²) >= 11 is 0. The molecule has 0 spiro atoms. The second-order valence-electron chi connectivity index (χ2n) is 6.76. The molecule has 28 heavy (non-hydrogen) atoms. The lowest BCUT2D eigenvalue weighted by Gasteiger charge is -2.21. The molecule has 1 saturated heterocycles. The number of amides is 1. The van der Waals surface area contributed by atoms with Gasteiger partial charge in [-0.2, -0.15) is 4.31 Å². The maximum Gasteiger partial charge on any atom is 0.243 e. The first-order valence-electron chi connectivity index (χ1n) is 9.11. The van der Waals surface area contributed by atoms with Crippen LogP contribution >= 0.6 is 0 Å². The molecule has 0 aromatic heterocycles. The van der Waals surface area contributed by atoms with E-state index in [1.807, 2.05) is 0 Å². The van der Waals surface area contributed by atoms with E-state index in [1.54, 1.807) is 13.0 Å². The average Bonchev–Trinajstić information content (AvgIpc) is 2.83. The molecule has 1 N–H and O–H groups in total. The molecule has 1 aromatic carbocycles. The largest absolute Gasteiger partial charge is 0.490 e. The van der Waals surface area contributed by atoms with Crippen molar-refractivity contribution in [2.45, 2.75) is 30.7 Å². The van der Waals surface area contributed by atoms with Gasteiger partial charge >= 0.3 is 0 Å². The third-order valence-corrected chi connectivity index (χ3v) is 8.31. The molecule has 3 rings (SSSR count). The SMILES string of the molecule is CCN(CC(=O)N[C@@H]1CCS(=O)(=O)C1)S(=O)(=O)c1ccc2c(c1)OCCCO2. The fraction of sp³-hybridized carbons (Fsp3) is 0.588. The van der Waals surface area contributed by atoms with Crippen molar-refractivity contribution >= 4 is 25.8 Å². The molecule has 2 aliphatic rings. The maximum absolute atomic E-state index is 13.0. The smallest absolute Gasteiger partial charge is 0.243 e. The number of hydrogen-bond donors (Lipinski definition) is 1. The van der Waals surface area contributed by atoms with Crippen LogP contribution in [0.1, 0.15) is 19.8 Å². The van der Waals surface area contributed by atoms with Gasteiger partial charge in [-0.15, -0.1) is 0 Å². The average molecular weight is 433 g/mol. The van der Waals surface area contributed by atoms with Gasteiger partial charge in [-0.05, 0) is 18.6 Å². The number of fused-ring (bicyclic) bond motifs is 1. The molecular formula is C17H24N2O7S2. The van der Waals surface area contributed by atoms with Gasteiger partial charge in [0.05, 0.1) is 36.2 Å². The number of carbonyl (C=O) groups is 1.